The van der Waals surface area contributed by atoms with Crippen LogP contribution in [-0.2, 0) is 14.6 Å². The lowest BCUT2D eigenvalue weighted by molar-refractivity contribution is -0.110. The van der Waals surface area contributed by atoms with E-state index in [1.165, 1.54) is 0 Å². The molecule has 1 aromatic carbocycles. The molecule has 9 heteroatoms. The van der Waals surface area contributed by atoms with Crippen LogP contribution in [0.4, 0.5) is 10.5 Å². The predicted molar refractivity (Wildman–Crippen MR) is 80.3 cm³/mol. The van der Waals surface area contributed by atoms with Crippen LogP contribution in [-0.4, -0.2) is 43.6 Å². The summed E-state index contributed by atoms with van der Waals surface area (Å²) in [5, 5.41) is 8.98. The normalized spacial score (nSPS) is 23.9. The summed E-state index contributed by atoms with van der Waals surface area (Å²) in [4.78, 5) is 23.5. The summed E-state index contributed by atoms with van der Waals surface area (Å²) < 4.78 is 22.6. The van der Waals surface area contributed by atoms with Crippen molar-refractivity contribution in [2.75, 3.05) is 16.8 Å². The number of nitrogens with one attached hydrogen (secondary N) is 3. The maximum atomic E-state index is 11.8. The first-order valence-electron chi connectivity index (χ1n) is 6.70. The monoisotopic (exact) mass is 322 g/mol. The highest BCUT2D eigenvalue weighted by molar-refractivity contribution is 7.91. The molecule has 0 bridgehead atoms. The molecule has 0 spiro atoms. The van der Waals surface area contributed by atoms with Crippen molar-refractivity contribution in [2.45, 2.75) is 12.5 Å². The molecule has 8 nitrogen and oxygen atoms in total. The minimum atomic E-state index is -3.06. The fourth-order valence-corrected chi connectivity index (χ4v) is 4.12. The Hall–Kier alpha value is -2.42. The van der Waals surface area contributed by atoms with E-state index < -0.39 is 27.8 Å². The number of benzene rings is 1. The van der Waals surface area contributed by atoms with Gasteiger partial charge in [0.05, 0.1) is 17.2 Å². The third-order valence-corrected chi connectivity index (χ3v) is 5.25. The van der Waals surface area contributed by atoms with E-state index in [2.05, 4.69) is 21.2 Å². The summed E-state index contributed by atoms with van der Waals surface area (Å²) in [6.45, 7) is 0. The number of hydrogen-bond donors (Lipinski definition) is 3. The van der Waals surface area contributed by atoms with Crippen LogP contribution < -0.4 is 16.1 Å². The SMILES string of the molecule is O=C(N/N=C1/C(=O)Nc2ccccc21)NC1CCS(=O)(=O)C1. The second-order valence-corrected chi connectivity index (χ2v) is 7.37. The van der Waals surface area contributed by atoms with Crippen LogP contribution in [0, 0.1) is 0 Å². The van der Waals surface area contributed by atoms with Gasteiger partial charge in [0.25, 0.3) is 5.91 Å². The Kier molecular flexibility index (Phi) is 3.57. The minimum absolute atomic E-state index is 0.0691. The number of hydrazone groups is 1. The van der Waals surface area contributed by atoms with Crippen LogP contribution in [0.15, 0.2) is 29.4 Å². The number of urea groups is 1. The number of para-hydroxylation sites is 1. The second-order valence-electron chi connectivity index (χ2n) is 5.15. The lowest BCUT2D eigenvalue weighted by Crippen LogP contribution is -2.41. The second kappa shape index (κ2) is 5.41. The molecule has 0 radical (unpaired) electrons. The molecule has 0 aromatic heterocycles. The minimum Gasteiger partial charge on any atom is -0.333 e. The quantitative estimate of drug-likeness (QED) is 0.655. The van der Waals surface area contributed by atoms with E-state index in [1.54, 1.807) is 24.3 Å². The summed E-state index contributed by atoms with van der Waals surface area (Å²) in [6.07, 6.45) is 0.385. The number of fused-ring (bicyclic) bond motifs is 1. The molecule has 3 amide bonds. The van der Waals surface area contributed by atoms with Crippen molar-refractivity contribution in [1.82, 2.24) is 10.7 Å². The summed E-state index contributed by atoms with van der Waals surface area (Å²) in [5.74, 6) is -0.396. The predicted octanol–water partition coefficient (Wildman–Crippen LogP) is -0.171. The van der Waals surface area contributed by atoms with Crippen molar-refractivity contribution in [3.63, 3.8) is 0 Å². The number of carbonyl (C=O) groups excluding carboxylic acids is 2. The smallest absolute Gasteiger partial charge is 0.333 e. The van der Waals surface area contributed by atoms with Gasteiger partial charge in [0.15, 0.2) is 15.5 Å². The van der Waals surface area contributed by atoms with Gasteiger partial charge in [-0.3, -0.25) is 4.79 Å². The molecule has 0 aliphatic carbocycles. The van der Waals surface area contributed by atoms with Crippen molar-refractivity contribution < 1.29 is 18.0 Å². The summed E-state index contributed by atoms with van der Waals surface area (Å²) >= 11 is 0. The number of carbonyl (C=O) groups is 2. The molecule has 1 atom stereocenters. The van der Waals surface area contributed by atoms with E-state index in [9.17, 15) is 18.0 Å². The van der Waals surface area contributed by atoms with E-state index in [0.717, 1.165) is 0 Å². The van der Waals surface area contributed by atoms with Crippen LogP contribution in [0.25, 0.3) is 0 Å². The van der Waals surface area contributed by atoms with Crippen LogP contribution in [0.5, 0.6) is 0 Å². The molecule has 2 aliphatic heterocycles. The van der Waals surface area contributed by atoms with Gasteiger partial charge in [0, 0.05) is 11.6 Å². The number of hydrogen-bond acceptors (Lipinski definition) is 5. The number of nitrogens with zero attached hydrogens (tertiary/aromatic N) is 1. The van der Waals surface area contributed by atoms with Gasteiger partial charge in [-0.15, -0.1) is 0 Å². The van der Waals surface area contributed by atoms with Crippen LogP contribution in [0.1, 0.15) is 12.0 Å². The third-order valence-electron chi connectivity index (χ3n) is 3.48. The molecule has 1 aromatic rings. The van der Waals surface area contributed by atoms with Crippen molar-refractivity contribution >= 4 is 33.2 Å². The molecular formula is C13H14N4O4S. The summed E-state index contributed by atoms with van der Waals surface area (Å²) in [7, 11) is -3.06. The van der Waals surface area contributed by atoms with Crippen LogP contribution in [0.2, 0.25) is 0 Å². The van der Waals surface area contributed by atoms with Crippen molar-refractivity contribution in [3.05, 3.63) is 29.8 Å². The molecule has 116 valence electrons. The highest BCUT2D eigenvalue weighted by Crippen LogP contribution is 2.22. The Labute approximate surface area is 126 Å². The molecule has 0 saturated carbocycles. The average Bonchev–Trinajstić information content (AvgIpc) is 2.95. The van der Waals surface area contributed by atoms with E-state index in [1.807, 2.05) is 0 Å². The van der Waals surface area contributed by atoms with Gasteiger partial charge >= 0.3 is 6.03 Å². The molecule has 3 rings (SSSR count). The summed E-state index contributed by atoms with van der Waals surface area (Å²) in [5.41, 5.74) is 3.59. The summed E-state index contributed by atoms with van der Waals surface area (Å²) in [6, 6.07) is 5.94. The van der Waals surface area contributed by atoms with E-state index in [-0.39, 0.29) is 17.2 Å². The van der Waals surface area contributed by atoms with Crippen molar-refractivity contribution in [3.8, 4) is 0 Å². The largest absolute Gasteiger partial charge is 0.335 e. The third kappa shape index (κ3) is 2.93. The Morgan fingerprint density at radius 3 is 2.82 bits per heavy atom. The topological polar surface area (TPSA) is 117 Å². The fourth-order valence-electron chi connectivity index (χ4n) is 2.45. The highest BCUT2D eigenvalue weighted by Gasteiger charge is 2.29. The number of anilines is 1. The first kappa shape index (κ1) is 14.5. The average molecular weight is 322 g/mol. The van der Waals surface area contributed by atoms with E-state index in [4.69, 9.17) is 0 Å². The van der Waals surface area contributed by atoms with E-state index >= 15 is 0 Å². The maximum absolute atomic E-state index is 11.8. The van der Waals surface area contributed by atoms with Crippen molar-refractivity contribution in [1.29, 1.82) is 0 Å². The van der Waals surface area contributed by atoms with Gasteiger partial charge in [0.2, 0.25) is 0 Å². The molecule has 22 heavy (non-hydrogen) atoms. The molecular weight excluding hydrogens is 308 g/mol. The Balaban J connectivity index is 1.65. The molecule has 1 fully saturated rings. The zero-order chi connectivity index (χ0) is 15.7. The lowest BCUT2D eigenvalue weighted by Gasteiger charge is -2.09. The number of sulfone groups is 1. The van der Waals surface area contributed by atoms with Crippen LogP contribution in [0.3, 0.4) is 0 Å². The highest BCUT2D eigenvalue weighted by atomic mass is 32.2. The van der Waals surface area contributed by atoms with Gasteiger partial charge in [-0.2, -0.15) is 5.10 Å². The standard InChI is InChI=1S/C13H14N4O4S/c18-12-11(9-3-1-2-4-10(9)15-12)16-17-13(19)14-8-5-6-22(20,21)7-8/h1-4,8H,5-7H2,(H2,14,17,19)(H,15,16,18). The Bertz CT molecular complexity index is 772. The van der Waals surface area contributed by atoms with Crippen molar-refractivity contribution in [2.24, 2.45) is 5.10 Å². The molecule has 3 N–H and O–H groups in total. The maximum Gasteiger partial charge on any atom is 0.335 e. The van der Waals surface area contributed by atoms with Gasteiger partial charge in [-0.25, -0.2) is 18.6 Å². The van der Waals surface area contributed by atoms with Gasteiger partial charge in [0.1, 0.15) is 0 Å². The number of rotatable bonds is 2. The molecule has 1 unspecified atom stereocenters. The number of amides is 3. The molecule has 1 saturated heterocycles. The van der Waals surface area contributed by atoms with E-state index in [0.29, 0.717) is 17.7 Å². The zero-order valence-corrected chi connectivity index (χ0v) is 12.3. The van der Waals surface area contributed by atoms with Gasteiger partial charge in [-0.05, 0) is 12.5 Å². The fraction of sp³-hybridized carbons (Fsp3) is 0.308. The molecule has 2 aliphatic rings. The zero-order valence-electron chi connectivity index (χ0n) is 11.5. The van der Waals surface area contributed by atoms with Crippen LogP contribution >= 0.6 is 0 Å². The first-order valence-corrected chi connectivity index (χ1v) is 8.52. The van der Waals surface area contributed by atoms with Gasteiger partial charge < -0.3 is 10.6 Å². The Morgan fingerprint density at radius 2 is 2.09 bits per heavy atom. The first-order chi connectivity index (χ1) is 10.4. The van der Waals surface area contributed by atoms with Gasteiger partial charge in [-0.1, -0.05) is 18.2 Å². The molecule has 2 heterocycles. The lowest BCUT2D eigenvalue weighted by atomic mass is 10.1. The Morgan fingerprint density at radius 1 is 1.32 bits per heavy atom.